The van der Waals surface area contributed by atoms with Crippen molar-refractivity contribution < 1.29 is 18.0 Å². The Kier molecular flexibility index (Phi) is 5.39. The molecule has 0 fully saturated rings. The molecule has 4 nitrogen and oxygen atoms in total. The van der Waals surface area contributed by atoms with Crippen molar-refractivity contribution in [3.8, 4) is 5.00 Å². The van der Waals surface area contributed by atoms with E-state index < -0.39 is 23.6 Å². The second-order valence-corrected chi connectivity index (χ2v) is 8.39. The van der Waals surface area contributed by atoms with Gasteiger partial charge < -0.3 is 5.73 Å². The number of hydrogen-bond donors (Lipinski definition) is 1. The first-order valence-corrected chi connectivity index (χ1v) is 10.3. The number of rotatable bonds is 5. The first kappa shape index (κ1) is 21.2. The minimum atomic E-state index is -4.45. The Labute approximate surface area is 181 Å². The van der Waals surface area contributed by atoms with E-state index in [1.54, 1.807) is 37.5 Å². The van der Waals surface area contributed by atoms with Crippen molar-refractivity contribution in [1.82, 2.24) is 9.55 Å². The third kappa shape index (κ3) is 4.10. The number of thiophene rings is 1. The molecule has 1 atom stereocenters. The summed E-state index contributed by atoms with van der Waals surface area (Å²) in [6, 6.07) is 12.6. The zero-order valence-corrected chi connectivity index (χ0v) is 17.3. The number of primary amides is 1. The van der Waals surface area contributed by atoms with E-state index in [9.17, 15) is 18.0 Å². The van der Waals surface area contributed by atoms with Crippen LogP contribution in [0.4, 0.5) is 13.2 Å². The lowest BCUT2D eigenvalue weighted by Gasteiger charge is -2.18. The molecule has 2 aromatic carbocycles. The molecule has 0 aliphatic carbocycles. The van der Waals surface area contributed by atoms with Gasteiger partial charge in [-0.15, -0.1) is 11.3 Å². The zero-order valence-electron chi connectivity index (χ0n) is 16.5. The van der Waals surface area contributed by atoms with E-state index in [2.05, 4.69) is 4.98 Å². The summed E-state index contributed by atoms with van der Waals surface area (Å²) in [5.74, 6) is -1.09. The molecular weight excluding hydrogens is 422 g/mol. The molecular formula is C22H17BF3N3OS. The standard InChI is InChI=1S/C22H17BF3N3OS/c1-12(15-4-2-3-5-16(15)22(24,25)26)8-13-9-19(31-20(13)21(27)30)29-11-28-17-10-14(23)6-7-18(17)29/h2-7,9-12H,8H2,1H3,(H2,27,30)/t12-/m0/s1. The largest absolute Gasteiger partial charge is 0.416 e. The number of alkyl halides is 3. The van der Waals surface area contributed by atoms with Crippen molar-refractivity contribution in [2.24, 2.45) is 5.73 Å². The number of amides is 1. The summed E-state index contributed by atoms with van der Waals surface area (Å²) >= 11 is 1.19. The Hall–Kier alpha value is -3.07. The first-order chi connectivity index (χ1) is 14.6. The Bertz CT molecular complexity index is 1280. The van der Waals surface area contributed by atoms with Crippen molar-refractivity contribution in [2.45, 2.75) is 25.4 Å². The smallest absolute Gasteiger partial charge is 0.365 e. The van der Waals surface area contributed by atoms with Crippen LogP contribution in [-0.2, 0) is 12.6 Å². The molecule has 2 N–H and O–H groups in total. The van der Waals surface area contributed by atoms with Gasteiger partial charge in [0.1, 0.15) is 19.2 Å². The maximum absolute atomic E-state index is 13.4. The predicted octanol–water partition coefficient (Wildman–Crippen LogP) is 4.34. The predicted molar refractivity (Wildman–Crippen MR) is 116 cm³/mol. The van der Waals surface area contributed by atoms with Crippen molar-refractivity contribution in [3.05, 3.63) is 76.4 Å². The molecule has 31 heavy (non-hydrogen) atoms. The van der Waals surface area contributed by atoms with E-state index in [0.29, 0.717) is 26.4 Å². The maximum atomic E-state index is 13.4. The minimum absolute atomic E-state index is 0.182. The lowest BCUT2D eigenvalue weighted by Crippen LogP contribution is -2.14. The molecule has 1 amide bonds. The van der Waals surface area contributed by atoms with Gasteiger partial charge in [-0.2, -0.15) is 13.2 Å². The van der Waals surface area contributed by atoms with Crippen molar-refractivity contribution >= 4 is 41.6 Å². The number of fused-ring (bicyclic) bond motifs is 1. The first-order valence-electron chi connectivity index (χ1n) is 9.46. The molecule has 156 valence electrons. The zero-order chi connectivity index (χ0) is 22.3. The van der Waals surface area contributed by atoms with Gasteiger partial charge in [0.05, 0.1) is 21.5 Å². The van der Waals surface area contributed by atoms with E-state index in [1.165, 1.54) is 23.5 Å². The van der Waals surface area contributed by atoms with Crippen LogP contribution < -0.4 is 11.2 Å². The molecule has 2 aromatic heterocycles. The quantitative estimate of drug-likeness (QED) is 0.471. The number of aromatic nitrogens is 2. The van der Waals surface area contributed by atoms with Gasteiger partial charge in [-0.05, 0) is 47.7 Å². The molecule has 2 heterocycles. The normalized spacial score (nSPS) is 12.9. The van der Waals surface area contributed by atoms with Gasteiger partial charge in [0.2, 0.25) is 0 Å². The fourth-order valence-electron chi connectivity index (χ4n) is 3.72. The number of carbonyl (C=O) groups excluding carboxylic acids is 1. The second kappa shape index (κ2) is 7.88. The molecule has 0 unspecified atom stereocenters. The van der Waals surface area contributed by atoms with E-state index in [-0.39, 0.29) is 12.0 Å². The van der Waals surface area contributed by atoms with Gasteiger partial charge in [0.25, 0.3) is 5.91 Å². The summed E-state index contributed by atoms with van der Waals surface area (Å²) in [6.45, 7) is 1.71. The molecule has 0 aliphatic heterocycles. The Balaban J connectivity index is 1.73. The molecule has 4 rings (SSSR count). The van der Waals surface area contributed by atoms with Crippen LogP contribution in [0.1, 0.15) is 39.2 Å². The second-order valence-electron chi connectivity index (χ2n) is 7.36. The number of nitrogens with two attached hydrogens (primary N) is 1. The average molecular weight is 439 g/mol. The molecule has 0 saturated carbocycles. The van der Waals surface area contributed by atoms with Crippen LogP contribution in [0.2, 0.25) is 0 Å². The van der Waals surface area contributed by atoms with Crippen LogP contribution in [-0.4, -0.2) is 23.3 Å². The van der Waals surface area contributed by atoms with Crippen LogP contribution in [0, 0.1) is 0 Å². The van der Waals surface area contributed by atoms with Gasteiger partial charge in [-0.3, -0.25) is 9.36 Å². The SMILES string of the molecule is [B]c1ccc2c(c1)ncn2-c1cc(C[C@H](C)c2ccccc2C(F)(F)F)c(C(N)=O)s1. The van der Waals surface area contributed by atoms with Gasteiger partial charge in [0.15, 0.2) is 0 Å². The van der Waals surface area contributed by atoms with Crippen LogP contribution in [0.3, 0.4) is 0 Å². The van der Waals surface area contributed by atoms with Crippen molar-refractivity contribution in [1.29, 1.82) is 0 Å². The highest BCUT2D eigenvalue weighted by molar-refractivity contribution is 7.16. The topological polar surface area (TPSA) is 60.9 Å². The number of benzene rings is 2. The highest BCUT2D eigenvalue weighted by Gasteiger charge is 2.34. The molecule has 0 spiro atoms. The molecule has 9 heteroatoms. The summed E-state index contributed by atoms with van der Waals surface area (Å²) in [6.07, 6.45) is -2.59. The Morgan fingerprint density at radius 1 is 1.23 bits per heavy atom. The lowest BCUT2D eigenvalue weighted by atomic mass is 9.90. The lowest BCUT2D eigenvalue weighted by molar-refractivity contribution is -0.138. The third-order valence-electron chi connectivity index (χ3n) is 5.15. The van der Waals surface area contributed by atoms with Gasteiger partial charge in [-0.1, -0.05) is 36.7 Å². The summed E-state index contributed by atoms with van der Waals surface area (Å²) in [5, 5.41) is 0.701. The van der Waals surface area contributed by atoms with Crippen molar-refractivity contribution in [3.63, 3.8) is 0 Å². The van der Waals surface area contributed by atoms with Crippen LogP contribution in [0.5, 0.6) is 0 Å². The molecule has 0 aliphatic rings. The minimum Gasteiger partial charge on any atom is -0.365 e. The van der Waals surface area contributed by atoms with Gasteiger partial charge >= 0.3 is 6.18 Å². The number of nitrogens with zero attached hydrogens (tertiary/aromatic N) is 2. The summed E-state index contributed by atoms with van der Waals surface area (Å²) < 4.78 is 42.1. The van der Waals surface area contributed by atoms with Crippen LogP contribution >= 0.6 is 11.3 Å². The number of hydrogen-bond acceptors (Lipinski definition) is 3. The molecule has 0 bridgehead atoms. The highest BCUT2D eigenvalue weighted by atomic mass is 32.1. The summed E-state index contributed by atoms with van der Waals surface area (Å²) in [7, 11) is 5.80. The number of imidazole rings is 1. The fourth-order valence-corrected chi connectivity index (χ4v) is 4.75. The third-order valence-corrected chi connectivity index (χ3v) is 6.34. The van der Waals surface area contributed by atoms with Gasteiger partial charge in [-0.25, -0.2) is 4.98 Å². The monoisotopic (exact) mass is 439 g/mol. The fraction of sp³-hybridized carbons (Fsp3) is 0.182. The number of carbonyl (C=O) groups is 1. The van der Waals surface area contributed by atoms with E-state index in [4.69, 9.17) is 13.6 Å². The van der Waals surface area contributed by atoms with Crippen molar-refractivity contribution in [2.75, 3.05) is 0 Å². The molecule has 2 radical (unpaired) electrons. The Morgan fingerprint density at radius 2 is 1.97 bits per heavy atom. The van der Waals surface area contributed by atoms with Gasteiger partial charge in [0, 0.05) is 0 Å². The molecule has 0 saturated heterocycles. The maximum Gasteiger partial charge on any atom is 0.416 e. The molecule has 4 aromatic rings. The Morgan fingerprint density at radius 3 is 2.68 bits per heavy atom. The summed E-state index contributed by atoms with van der Waals surface area (Å²) in [4.78, 5) is 16.7. The van der Waals surface area contributed by atoms with E-state index in [1.807, 2.05) is 10.6 Å². The average Bonchev–Trinajstić information content (AvgIpc) is 3.31. The highest BCUT2D eigenvalue weighted by Crippen LogP contribution is 2.37. The van der Waals surface area contributed by atoms with Crippen LogP contribution in [0.15, 0.2) is 54.9 Å². The summed E-state index contributed by atoms with van der Waals surface area (Å²) in [5.41, 5.74) is 7.78. The number of halogens is 3. The van der Waals surface area contributed by atoms with E-state index in [0.717, 1.165) is 11.6 Å². The van der Waals surface area contributed by atoms with Crippen LogP contribution in [0.25, 0.3) is 16.0 Å². The van der Waals surface area contributed by atoms with E-state index >= 15 is 0 Å².